The number of hydrogen-bond acceptors (Lipinski definition) is 9. The maximum Gasteiger partial charge on any atom is 0.417 e. The first-order valence-electron chi connectivity index (χ1n) is 11.3. The Morgan fingerprint density at radius 1 is 1.14 bits per heavy atom. The Morgan fingerprint density at radius 2 is 1.86 bits per heavy atom. The molecule has 1 amide bonds. The Bertz CT molecular complexity index is 1060. The van der Waals surface area contributed by atoms with Crippen molar-refractivity contribution >= 4 is 23.5 Å². The van der Waals surface area contributed by atoms with Gasteiger partial charge in [-0.1, -0.05) is 0 Å². The molecule has 2 saturated heterocycles. The van der Waals surface area contributed by atoms with Crippen molar-refractivity contribution in [3.63, 3.8) is 0 Å². The molecule has 0 bridgehead atoms. The van der Waals surface area contributed by atoms with Crippen molar-refractivity contribution in [1.29, 1.82) is 0 Å². The molecule has 190 valence electrons. The molecule has 0 saturated carbocycles. The van der Waals surface area contributed by atoms with Crippen molar-refractivity contribution in [2.75, 3.05) is 61.5 Å². The van der Waals surface area contributed by atoms with E-state index in [1.807, 2.05) is 23.6 Å². The van der Waals surface area contributed by atoms with Crippen LogP contribution < -0.4 is 20.9 Å². The molecule has 2 aromatic heterocycles. The van der Waals surface area contributed by atoms with Gasteiger partial charge in [-0.3, -0.25) is 4.79 Å². The number of amides is 1. The van der Waals surface area contributed by atoms with E-state index in [-0.39, 0.29) is 48.1 Å². The average Bonchev–Trinajstić information content (AvgIpc) is 2.83. The van der Waals surface area contributed by atoms with E-state index in [9.17, 15) is 18.0 Å². The fraction of sp³-hybridized carbons (Fsp3) is 0.545. The van der Waals surface area contributed by atoms with Crippen LogP contribution in [0.2, 0.25) is 0 Å². The largest absolute Gasteiger partial charge is 0.417 e. The maximum atomic E-state index is 13.8. The summed E-state index contributed by atoms with van der Waals surface area (Å²) in [6.45, 7) is 6.48. The predicted molar refractivity (Wildman–Crippen MR) is 123 cm³/mol. The van der Waals surface area contributed by atoms with Crippen molar-refractivity contribution in [3.05, 3.63) is 23.9 Å². The number of nitrogens with two attached hydrogens (primary N) is 1. The summed E-state index contributed by atoms with van der Waals surface area (Å²) in [6, 6.07) is 2.22. The molecule has 2 aliphatic heterocycles. The first kappa shape index (κ1) is 24.9. The van der Waals surface area contributed by atoms with Crippen molar-refractivity contribution in [1.82, 2.24) is 20.3 Å². The van der Waals surface area contributed by atoms with Crippen LogP contribution in [0.3, 0.4) is 0 Å². The second-order valence-corrected chi connectivity index (χ2v) is 8.63. The Labute approximate surface area is 200 Å². The average molecular weight is 496 g/mol. The van der Waals surface area contributed by atoms with Gasteiger partial charge in [-0.25, -0.2) is 9.97 Å². The molecule has 0 aromatic carbocycles. The molecular formula is C22H28F3N7O3. The van der Waals surface area contributed by atoms with Crippen LogP contribution in [0.1, 0.15) is 19.4 Å². The van der Waals surface area contributed by atoms with E-state index in [0.717, 1.165) is 12.3 Å². The summed E-state index contributed by atoms with van der Waals surface area (Å²) in [5.41, 5.74) is 4.48. The minimum absolute atomic E-state index is 0.0566. The third-order valence-electron chi connectivity index (χ3n) is 5.62. The highest BCUT2D eigenvalue weighted by Gasteiger charge is 2.35. The van der Waals surface area contributed by atoms with Gasteiger partial charge >= 0.3 is 6.18 Å². The standard InChI is InChI=1S/C22H28F3N7O3/c1-13(2)28-20(33)17-12-32(5-8-35-17)19-10-16(29-21(30-19)31-3-6-34-7-4-31)14-11-27-18(26)9-15(14)22(23,24)25/h9-11,13,17H,3-8,12H2,1-2H3,(H2,26,27)(H,28,33). The van der Waals surface area contributed by atoms with Crippen LogP contribution in [0.15, 0.2) is 18.3 Å². The summed E-state index contributed by atoms with van der Waals surface area (Å²) >= 11 is 0. The van der Waals surface area contributed by atoms with Gasteiger partial charge in [0.15, 0.2) is 6.10 Å². The molecule has 0 radical (unpaired) electrons. The number of aromatic nitrogens is 3. The van der Waals surface area contributed by atoms with Crippen LogP contribution in [-0.2, 0) is 20.4 Å². The first-order chi connectivity index (χ1) is 16.6. The number of ether oxygens (including phenoxy) is 2. The molecule has 35 heavy (non-hydrogen) atoms. The first-order valence-corrected chi connectivity index (χ1v) is 11.3. The molecule has 2 fully saturated rings. The van der Waals surface area contributed by atoms with Crippen LogP contribution in [0.5, 0.6) is 0 Å². The van der Waals surface area contributed by atoms with Crippen molar-refractivity contribution in [2.45, 2.75) is 32.2 Å². The number of morpholine rings is 2. The lowest BCUT2D eigenvalue weighted by Crippen LogP contribution is -2.51. The third-order valence-corrected chi connectivity index (χ3v) is 5.62. The lowest BCUT2D eigenvalue weighted by Gasteiger charge is -2.34. The molecular weight excluding hydrogens is 467 g/mol. The Kier molecular flexibility index (Phi) is 7.26. The van der Waals surface area contributed by atoms with Gasteiger partial charge in [0.2, 0.25) is 5.95 Å². The van der Waals surface area contributed by atoms with Crippen LogP contribution in [-0.4, -0.2) is 79.0 Å². The summed E-state index contributed by atoms with van der Waals surface area (Å²) in [4.78, 5) is 29.2. The SMILES string of the molecule is CC(C)NC(=O)C1CN(c2cc(-c3cnc(N)cc3C(F)(F)F)nc(N3CCOCC3)n2)CCO1. The molecule has 13 heteroatoms. The van der Waals surface area contributed by atoms with E-state index < -0.39 is 17.8 Å². The Balaban J connectivity index is 1.75. The topological polar surface area (TPSA) is 119 Å². The lowest BCUT2D eigenvalue weighted by atomic mass is 10.1. The highest BCUT2D eigenvalue weighted by molar-refractivity contribution is 5.82. The van der Waals surface area contributed by atoms with E-state index in [2.05, 4.69) is 20.3 Å². The van der Waals surface area contributed by atoms with E-state index in [1.54, 1.807) is 0 Å². The smallest absolute Gasteiger partial charge is 0.384 e. The maximum absolute atomic E-state index is 13.8. The number of alkyl halides is 3. The zero-order valence-corrected chi connectivity index (χ0v) is 19.5. The summed E-state index contributed by atoms with van der Waals surface area (Å²) in [6.07, 6.45) is -4.32. The zero-order valence-electron chi connectivity index (χ0n) is 19.5. The van der Waals surface area contributed by atoms with Crippen molar-refractivity contribution in [3.8, 4) is 11.3 Å². The molecule has 2 aliphatic rings. The Morgan fingerprint density at radius 3 is 2.54 bits per heavy atom. The summed E-state index contributed by atoms with van der Waals surface area (Å²) in [7, 11) is 0. The monoisotopic (exact) mass is 495 g/mol. The number of pyridine rings is 1. The molecule has 0 aliphatic carbocycles. The summed E-state index contributed by atoms with van der Waals surface area (Å²) in [5.74, 6) is 0.179. The minimum atomic E-state index is -4.66. The molecule has 3 N–H and O–H groups in total. The van der Waals surface area contributed by atoms with Crippen molar-refractivity contribution in [2.24, 2.45) is 0 Å². The number of nitrogens with zero attached hydrogens (tertiary/aromatic N) is 5. The van der Waals surface area contributed by atoms with Crippen molar-refractivity contribution < 1.29 is 27.4 Å². The van der Waals surface area contributed by atoms with Gasteiger partial charge in [0.1, 0.15) is 11.6 Å². The van der Waals surface area contributed by atoms with Gasteiger partial charge in [-0.2, -0.15) is 18.2 Å². The lowest BCUT2D eigenvalue weighted by molar-refractivity contribution is -0.137. The number of carbonyl (C=O) groups is 1. The quantitative estimate of drug-likeness (QED) is 0.639. The molecule has 2 aromatic rings. The summed E-state index contributed by atoms with van der Waals surface area (Å²) < 4.78 is 52.6. The van der Waals surface area contributed by atoms with E-state index in [0.29, 0.717) is 38.7 Å². The highest BCUT2D eigenvalue weighted by atomic mass is 19.4. The Hall–Kier alpha value is -3.19. The number of anilines is 3. The highest BCUT2D eigenvalue weighted by Crippen LogP contribution is 2.38. The van der Waals surface area contributed by atoms with Gasteiger partial charge < -0.3 is 30.3 Å². The number of halogens is 3. The fourth-order valence-electron chi connectivity index (χ4n) is 3.93. The minimum Gasteiger partial charge on any atom is -0.384 e. The van der Waals surface area contributed by atoms with E-state index >= 15 is 0 Å². The number of nitrogens with one attached hydrogen (secondary N) is 1. The second kappa shape index (κ2) is 10.2. The van der Waals surface area contributed by atoms with E-state index in [1.165, 1.54) is 6.07 Å². The zero-order chi connectivity index (χ0) is 25.2. The number of hydrogen-bond donors (Lipinski definition) is 2. The van der Waals surface area contributed by atoms with Gasteiger partial charge in [0.25, 0.3) is 5.91 Å². The number of carbonyl (C=O) groups excluding carboxylic acids is 1. The molecule has 10 nitrogen and oxygen atoms in total. The third kappa shape index (κ3) is 5.90. The fourth-order valence-corrected chi connectivity index (χ4v) is 3.93. The molecule has 4 heterocycles. The van der Waals surface area contributed by atoms with Crippen LogP contribution in [0.25, 0.3) is 11.3 Å². The van der Waals surface area contributed by atoms with E-state index in [4.69, 9.17) is 15.2 Å². The normalized spacial score (nSPS) is 19.2. The van der Waals surface area contributed by atoms with Gasteiger partial charge in [0.05, 0.1) is 37.6 Å². The summed E-state index contributed by atoms with van der Waals surface area (Å²) in [5, 5.41) is 2.82. The molecule has 4 rings (SSSR count). The predicted octanol–water partition coefficient (Wildman–Crippen LogP) is 1.71. The molecule has 0 spiro atoms. The molecule has 1 atom stereocenters. The second-order valence-electron chi connectivity index (χ2n) is 8.63. The van der Waals surface area contributed by atoms with Gasteiger partial charge in [-0.05, 0) is 19.9 Å². The van der Waals surface area contributed by atoms with Crippen LogP contribution >= 0.6 is 0 Å². The van der Waals surface area contributed by atoms with Gasteiger partial charge in [0, 0.05) is 43.5 Å². The van der Waals surface area contributed by atoms with Crippen LogP contribution in [0.4, 0.5) is 30.8 Å². The number of nitrogen functional groups attached to an aromatic ring is 1. The molecule has 1 unspecified atom stereocenters. The number of rotatable bonds is 5. The van der Waals surface area contributed by atoms with Crippen LogP contribution in [0, 0.1) is 0 Å². The van der Waals surface area contributed by atoms with Gasteiger partial charge in [-0.15, -0.1) is 0 Å².